The second-order valence-corrected chi connectivity index (χ2v) is 5.46. The highest BCUT2D eigenvalue weighted by Gasteiger charge is 2.17. The molecule has 1 atom stereocenters. The summed E-state index contributed by atoms with van der Waals surface area (Å²) < 4.78 is 0. The van der Waals surface area contributed by atoms with Crippen LogP contribution in [-0.2, 0) is 9.59 Å². The lowest BCUT2D eigenvalue weighted by atomic mass is 10.1. The van der Waals surface area contributed by atoms with Crippen LogP contribution in [0.3, 0.4) is 0 Å². The molecule has 1 N–H and O–H groups in total. The van der Waals surface area contributed by atoms with E-state index in [2.05, 4.69) is 0 Å². The van der Waals surface area contributed by atoms with Crippen LogP contribution in [0.4, 0.5) is 0 Å². The van der Waals surface area contributed by atoms with Crippen molar-refractivity contribution >= 4 is 41.2 Å². The fourth-order valence-corrected chi connectivity index (χ4v) is 2.05. The van der Waals surface area contributed by atoms with Crippen molar-refractivity contribution in [2.75, 3.05) is 13.1 Å². The summed E-state index contributed by atoms with van der Waals surface area (Å²) in [7, 11) is 0. The Balaban J connectivity index is 2.80. The number of carbonyl (C=O) groups is 2. The lowest BCUT2D eigenvalue weighted by Crippen LogP contribution is -2.35. The SMILES string of the molecule is CCN(CC(C)C(=O)O)C(=O)C=Cc1cc(Cl)ccc1Cl. The normalized spacial score (nSPS) is 12.4. The van der Waals surface area contributed by atoms with Crippen LogP contribution in [0.5, 0.6) is 0 Å². The molecule has 0 fully saturated rings. The van der Waals surface area contributed by atoms with Crippen LogP contribution < -0.4 is 0 Å². The van der Waals surface area contributed by atoms with Gasteiger partial charge in [-0.25, -0.2) is 0 Å². The Kier molecular flexibility index (Phi) is 6.72. The summed E-state index contributed by atoms with van der Waals surface area (Å²) in [5.74, 6) is -1.80. The highest BCUT2D eigenvalue weighted by molar-refractivity contribution is 6.34. The maximum Gasteiger partial charge on any atom is 0.308 e. The summed E-state index contributed by atoms with van der Waals surface area (Å²) in [4.78, 5) is 24.4. The monoisotopic (exact) mass is 329 g/mol. The van der Waals surface area contributed by atoms with Crippen molar-refractivity contribution in [3.63, 3.8) is 0 Å². The molecule has 1 aromatic carbocycles. The predicted molar refractivity (Wildman–Crippen MR) is 84.5 cm³/mol. The van der Waals surface area contributed by atoms with Gasteiger partial charge in [0.1, 0.15) is 0 Å². The van der Waals surface area contributed by atoms with Gasteiger partial charge in [0.25, 0.3) is 0 Å². The zero-order valence-corrected chi connectivity index (χ0v) is 13.4. The van der Waals surface area contributed by atoms with E-state index in [1.807, 2.05) is 0 Å². The molecular weight excluding hydrogens is 313 g/mol. The van der Waals surface area contributed by atoms with E-state index in [1.54, 1.807) is 38.1 Å². The highest BCUT2D eigenvalue weighted by atomic mass is 35.5. The molecule has 0 bridgehead atoms. The van der Waals surface area contributed by atoms with E-state index in [9.17, 15) is 9.59 Å². The molecule has 0 saturated heterocycles. The molecule has 0 aliphatic rings. The zero-order chi connectivity index (χ0) is 16.0. The van der Waals surface area contributed by atoms with E-state index in [1.165, 1.54) is 11.0 Å². The standard InChI is InChI=1S/C15H17Cl2NO3/c1-3-18(9-10(2)15(20)21)14(19)7-4-11-8-12(16)5-6-13(11)17/h4-8,10H,3,9H2,1-2H3,(H,20,21). The molecule has 0 spiro atoms. The molecule has 0 aliphatic heterocycles. The first-order valence-corrected chi connectivity index (χ1v) is 7.25. The number of halogens is 2. The Morgan fingerprint density at radius 1 is 1.38 bits per heavy atom. The largest absolute Gasteiger partial charge is 0.481 e. The lowest BCUT2D eigenvalue weighted by Gasteiger charge is -2.21. The second-order valence-electron chi connectivity index (χ2n) is 4.62. The fraction of sp³-hybridized carbons (Fsp3) is 0.333. The molecule has 0 saturated carbocycles. The first-order valence-electron chi connectivity index (χ1n) is 6.50. The van der Waals surface area contributed by atoms with Crippen molar-refractivity contribution < 1.29 is 14.7 Å². The number of amides is 1. The van der Waals surface area contributed by atoms with Crippen LogP contribution in [0.15, 0.2) is 24.3 Å². The van der Waals surface area contributed by atoms with E-state index in [4.69, 9.17) is 28.3 Å². The van der Waals surface area contributed by atoms with E-state index < -0.39 is 11.9 Å². The van der Waals surface area contributed by atoms with Crippen molar-refractivity contribution in [2.24, 2.45) is 5.92 Å². The number of carbonyl (C=O) groups excluding carboxylic acids is 1. The first-order chi connectivity index (χ1) is 9.85. The Labute approximate surface area is 134 Å². The molecule has 1 rings (SSSR count). The van der Waals surface area contributed by atoms with Crippen LogP contribution in [0.25, 0.3) is 6.08 Å². The van der Waals surface area contributed by atoms with Crippen molar-refractivity contribution in [3.05, 3.63) is 39.9 Å². The van der Waals surface area contributed by atoms with Crippen molar-refractivity contribution in [1.29, 1.82) is 0 Å². The fourth-order valence-electron chi connectivity index (χ4n) is 1.69. The lowest BCUT2D eigenvalue weighted by molar-refractivity contribution is -0.142. The van der Waals surface area contributed by atoms with Crippen LogP contribution >= 0.6 is 23.2 Å². The van der Waals surface area contributed by atoms with Gasteiger partial charge in [0.05, 0.1) is 5.92 Å². The van der Waals surface area contributed by atoms with Gasteiger partial charge in [-0.05, 0) is 36.8 Å². The molecule has 0 heterocycles. The van der Waals surface area contributed by atoms with Gasteiger partial charge in [0.2, 0.25) is 5.91 Å². The summed E-state index contributed by atoms with van der Waals surface area (Å²) in [6, 6.07) is 4.97. The maximum atomic E-state index is 12.1. The number of carboxylic acids is 1. The molecule has 1 unspecified atom stereocenters. The highest BCUT2D eigenvalue weighted by Crippen LogP contribution is 2.21. The van der Waals surface area contributed by atoms with Crippen LogP contribution in [0.1, 0.15) is 19.4 Å². The maximum absolute atomic E-state index is 12.1. The number of hydrogen-bond acceptors (Lipinski definition) is 2. The number of carboxylic acid groups (broad SMARTS) is 1. The number of likely N-dealkylation sites (N-methyl/N-ethyl adjacent to an activating group) is 1. The summed E-state index contributed by atoms with van der Waals surface area (Å²) in [6.07, 6.45) is 2.94. The van der Waals surface area contributed by atoms with Gasteiger partial charge in [-0.15, -0.1) is 0 Å². The number of hydrogen-bond donors (Lipinski definition) is 1. The topological polar surface area (TPSA) is 57.6 Å². The van der Waals surface area contributed by atoms with E-state index in [0.29, 0.717) is 22.2 Å². The van der Waals surface area contributed by atoms with Crippen molar-refractivity contribution in [3.8, 4) is 0 Å². The van der Waals surface area contributed by atoms with Gasteiger partial charge in [0, 0.05) is 29.2 Å². The number of nitrogens with zero attached hydrogens (tertiary/aromatic N) is 1. The molecule has 4 nitrogen and oxygen atoms in total. The third-order valence-electron chi connectivity index (χ3n) is 2.97. The van der Waals surface area contributed by atoms with Crippen LogP contribution in [0.2, 0.25) is 10.0 Å². The molecule has 1 amide bonds. The molecule has 114 valence electrons. The number of benzene rings is 1. The van der Waals surface area contributed by atoms with Gasteiger partial charge in [0.15, 0.2) is 0 Å². The molecule has 1 aromatic rings. The molecule has 21 heavy (non-hydrogen) atoms. The quantitative estimate of drug-likeness (QED) is 0.811. The van der Waals surface area contributed by atoms with Gasteiger partial charge < -0.3 is 10.0 Å². The second kappa shape index (κ2) is 8.05. The Morgan fingerprint density at radius 3 is 2.62 bits per heavy atom. The predicted octanol–water partition coefficient (Wildman–Crippen LogP) is 3.58. The van der Waals surface area contributed by atoms with Crippen molar-refractivity contribution in [2.45, 2.75) is 13.8 Å². The van der Waals surface area contributed by atoms with E-state index in [-0.39, 0.29) is 12.5 Å². The Bertz CT molecular complexity index is 558. The summed E-state index contributed by atoms with van der Waals surface area (Å²) in [6.45, 7) is 3.96. The Morgan fingerprint density at radius 2 is 2.05 bits per heavy atom. The Hall–Kier alpha value is -1.52. The summed E-state index contributed by atoms with van der Waals surface area (Å²) >= 11 is 11.9. The van der Waals surface area contributed by atoms with Gasteiger partial charge >= 0.3 is 5.97 Å². The summed E-state index contributed by atoms with van der Waals surface area (Å²) in [5, 5.41) is 9.91. The van der Waals surface area contributed by atoms with E-state index in [0.717, 1.165) is 0 Å². The van der Waals surface area contributed by atoms with Gasteiger partial charge in [-0.1, -0.05) is 30.1 Å². The minimum Gasteiger partial charge on any atom is -0.481 e. The van der Waals surface area contributed by atoms with Crippen LogP contribution in [-0.4, -0.2) is 35.0 Å². The smallest absolute Gasteiger partial charge is 0.308 e. The summed E-state index contributed by atoms with van der Waals surface area (Å²) in [5.41, 5.74) is 0.639. The van der Waals surface area contributed by atoms with Crippen molar-refractivity contribution in [1.82, 2.24) is 4.90 Å². The molecule has 0 aromatic heterocycles. The van der Waals surface area contributed by atoms with E-state index >= 15 is 0 Å². The first kappa shape index (κ1) is 17.5. The minimum absolute atomic E-state index is 0.165. The average molecular weight is 330 g/mol. The average Bonchev–Trinajstić information content (AvgIpc) is 2.44. The van der Waals surface area contributed by atoms with Gasteiger partial charge in [-0.2, -0.15) is 0 Å². The molecule has 0 radical (unpaired) electrons. The number of aliphatic carboxylic acids is 1. The molecular formula is C15H17Cl2NO3. The van der Waals surface area contributed by atoms with Gasteiger partial charge in [-0.3, -0.25) is 9.59 Å². The number of rotatable bonds is 6. The minimum atomic E-state index is -0.928. The molecule has 0 aliphatic carbocycles. The van der Waals surface area contributed by atoms with Crippen LogP contribution in [0, 0.1) is 5.92 Å². The zero-order valence-electron chi connectivity index (χ0n) is 11.8. The third-order valence-corrected chi connectivity index (χ3v) is 3.55. The molecule has 6 heteroatoms. The third kappa shape index (κ3) is 5.40.